The summed E-state index contributed by atoms with van der Waals surface area (Å²) in [5.41, 5.74) is 1.74. The van der Waals surface area contributed by atoms with Crippen molar-refractivity contribution in [3.8, 4) is 0 Å². The number of halogens is 5. The van der Waals surface area contributed by atoms with Crippen LogP contribution in [-0.2, 0) is 27.3 Å². The Morgan fingerprint density at radius 1 is 1.16 bits per heavy atom. The Hall–Kier alpha value is -3.05. The lowest BCUT2D eigenvalue weighted by Gasteiger charge is -2.20. The van der Waals surface area contributed by atoms with Crippen molar-refractivity contribution in [1.29, 1.82) is 0 Å². The molecule has 0 radical (unpaired) electrons. The van der Waals surface area contributed by atoms with Gasteiger partial charge in [-0.3, -0.25) is 4.79 Å². The van der Waals surface area contributed by atoms with E-state index in [1.807, 2.05) is 0 Å². The highest BCUT2D eigenvalue weighted by Crippen LogP contribution is 2.30. The van der Waals surface area contributed by atoms with Gasteiger partial charge in [0, 0.05) is 18.2 Å². The number of oxime groups is 1. The Labute approximate surface area is 181 Å². The fourth-order valence-corrected chi connectivity index (χ4v) is 2.95. The van der Waals surface area contributed by atoms with Crippen molar-refractivity contribution < 1.29 is 36.4 Å². The Morgan fingerprint density at radius 3 is 2.44 bits per heavy atom. The molecule has 2 aromatic carbocycles. The number of amides is 1. The maximum Gasteiger partial charge on any atom is 0.416 e. The summed E-state index contributed by atoms with van der Waals surface area (Å²) in [4.78, 5) is 22.2. The van der Waals surface area contributed by atoms with E-state index in [-0.39, 0.29) is 6.61 Å². The van der Waals surface area contributed by atoms with Crippen molar-refractivity contribution in [2.24, 2.45) is 5.16 Å². The van der Waals surface area contributed by atoms with E-state index < -0.39 is 41.4 Å². The summed E-state index contributed by atoms with van der Waals surface area (Å²) < 4.78 is 65.8. The largest absolute Gasteiger partial charge is 0.416 e. The van der Waals surface area contributed by atoms with Crippen molar-refractivity contribution in [1.82, 2.24) is 10.8 Å². The molecule has 0 saturated carbocycles. The number of alkyl halides is 5. The first-order chi connectivity index (χ1) is 15.1. The van der Waals surface area contributed by atoms with Gasteiger partial charge >= 0.3 is 6.18 Å². The van der Waals surface area contributed by atoms with Gasteiger partial charge in [-0.2, -0.15) is 18.7 Å². The maximum atomic E-state index is 13.5. The summed E-state index contributed by atoms with van der Waals surface area (Å²) in [6.07, 6.45) is -7.87. The Kier molecular flexibility index (Phi) is 8.67. The van der Waals surface area contributed by atoms with Crippen LogP contribution < -0.4 is 10.8 Å². The van der Waals surface area contributed by atoms with Gasteiger partial charge in [0.15, 0.2) is 5.71 Å². The monoisotopic (exact) mass is 459 g/mol. The second-order valence-electron chi connectivity index (χ2n) is 6.64. The normalized spacial score (nSPS) is 13.2. The Balaban J connectivity index is 2.35. The first-order valence-electron chi connectivity index (χ1n) is 9.34. The molecule has 0 fully saturated rings. The highest BCUT2D eigenvalue weighted by atomic mass is 19.4. The summed E-state index contributed by atoms with van der Waals surface area (Å²) in [6.45, 7) is 1.41. The second-order valence-corrected chi connectivity index (χ2v) is 6.64. The fraction of sp³-hybridized carbons (Fsp3) is 0.333. The van der Waals surface area contributed by atoms with Crippen LogP contribution in [0, 0.1) is 6.92 Å². The second kappa shape index (κ2) is 11.0. The molecule has 1 unspecified atom stereocenters. The number of carbonyl (C=O) groups excluding carboxylic acids is 1. The number of carbonyl (C=O) groups is 1. The number of benzene rings is 2. The molecule has 2 N–H and O–H groups in total. The van der Waals surface area contributed by atoms with Crippen LogP contribution in [0.15, 0.2) is 47.6 Å². The molecule has 1 atom stereocenters. The lowest BCUT2D eigenvalue weighted by atomic mass is 9.96. The van der Waals surface area contributed by atoms with Crippen molar-refractivity contribution in [2.75, 3.05) is 14.2 Å². The number of hydrogen-bond acceptors (Lipinski definition) is 5. The zero-order valence-electron chi connectivity index (χ0n) is 17.5. The minimum absolute atomic E-state index is 0.309. The van der Waals surface area contributed by atoms with Gasteiger partial charge in [-0.15, -0.1) is 0 Å². The van der Waals surface area contributed by atoms with Crippen LogP contribution in [0.5, 0.6) is 0 Å². The number of nitrogens with zero attached hydrogens (tertiary/aromatic N) is 1. The van der Waals surface area contributed by atoms with E-state index in [0.29, 0.717) is 22.8 Å². The van der Waals surface area contributed by atoms with E-state index in [1.54, 1.807) is 25.1 Å². The fourth-order valence-electron chi connectivity index (χ4n) is 2.95. The van der Waals surface area contributed by atoms with E-state index in [0.717, 1.165) is 18.2 Å². The smallest absolute Gasteiger partial charge is 0.390 e. The van der Waals surface area contributed by atoms with Crippen LogP contribution in [-0.4, -0.2) is 32.2 Å². The van der Waals surface area contributed by atoms with Gasteiger partial charge in [-0.1, -0.05) is 35.5 Å². The molecule has 32 heavy (non-hydrogen) atoms. The van der Waals surface area contributed by atoms with Crippen molar-refractivity contribution in [3.63, 3.8) is 0 Å². The molecule has 2 rings (SSSR count). The van der Waals surface area contributed by atoms with Gasteiger partial charge in [0.2, 0.25) is 5.91 Å². The summed E-state index contributed by atoms with van der Waals surface area (Å²) in [5.74, 6) is -0.417. The topological polar surface area (TPSA) is 72.0 Å². The molecule has 6 nitrogen and oxygen atoms in total. The van der Waals surface area contributed by atoms with Crippen LogP contribution in [0.4, 0.5) is 22.0 Å². The molecule has 11 heteroatoms. The average molecular weight is 459 g/mol. The summed E-state index contributed by atoms with van der Waals surface area (Å²) in [6, 6.07) is 7.57. The van der Waals surface area contributed by atoms with Crippen LogP contribution in [0.3, 0.4) is 0 Å². The number of hydroxylamine groups is 1. The highest BCUT2D eigenvalue weighted by Gasteiger charge is 2.31. The van der Waals surface area contributed by atoms with Crippen LogP contribution in [0.25, 0.3) is 0 Å². The standard InChI is InChI=1S/C21H22F5N3O3/c1-12-6-4-9-15(18(28-31-3)20(30)27-2)16(12)11-32-29-17(19(22)23)13-7-5-8-14(10-13)21(24,25)26/h4-10,18-19,28H,11H2,1-3H3,(H,27,30)/b29-17-. The number of likely N-dealkylation sites (N-methyl/N-ethyl adjacent to an activating group) is 1. The van der Waals surface area contributed by atoms with Gasteiger partial charge in [0.25, 0.3) is 6.43 Å². The zero-order valence-corrected chi connectivity index (χ0v) is 17.5. The third-order valence-electron chi connectivity index (χ3n) is 4.57. The molecule has 1 amide bonds. The summed E-state index contributed by atoms with van der Waals surface area (Å²) >= 11 is 0. The van der Waals surface area contributed by atoms with E-state index in [4.69, 9.17) is 9.68 Å². The molecule has 0 saturated heterocycles. The molecule has 0 aliphatic rings. The van der Waals surface area contributed by atoms with Crippen LogP contribution in [0.1, 0.15) is 33.9 Å². The lowest BCUT2D eigenvalue weighted by molar-refractivity contribution is -0.137. The molecular formula is C21H22F5N3O3. The van der Waals surface area contributed by atoms with Crippen LogP contribution >= 0.6 is 0 Å². The molecule has 0 aliphatic heterocycles. The van der Waals surface area contributed by atoms with Crippen molar-refractivity contribution in [3.05, 3.63) is 70.3 Å². The van der Waals surface area contributed by atoms with E-state index in [1.165, 1.54) is 14.2 Å². The summed E-state index contributed by atoms with van der Waals surface area (Å²) in [7, 11) is 2.77. The van der Waals surface area contributed by atoms with Gasteiger partial charge in [-0.05, 0) is 30.2 Å². The van der Waals surface area contributed by atoms with Gasteiger partial charge < -0.3 is 15.0 Å². The molecular weight excluding hydrogens is 437 g/mol. The predicted molar refractivity (Wildman–Crippen MR) is 107 cm³/mol. The van der Waals surface area contributed by atoms with E-state index in [2.05, 4.69) is 16.0 Å². The molecule has 2 aromatic rings. The first-order valence-corrected chi connectivity index (χ1v) is 9.34. The minimum Gasteiger partial charge on any atom is -0.390 e. The quantitative estimate of drug-likeness (QED) is 0.336. The molecule has 0 heterocycles. The third kappa shape index (κ3) is 6.24. The van der Waals surface area contributed by atoms with Gasteiger partial charge in [0.1, 0.15) is 12.6 Å². The molecule has 174 valence electrons. The SMILES string of the molecule is CNC(=O)C(NOC)c1cccc(C)c1CO/N=C(/c1cccc(C(F)(F)F)c1)C(F)F. The Morgan fingerprint density at radius 2 is 1.84 bits per heavy atom. The average Bonchev–Trinajstić information content (AvgIpc) is 2.74. The summed E-state index contributed by atoms with van der Waals surface area (Å²) in [5, 5.41) is 5.89. The number of nitrogens with one attached hydrogen (secondary N) is 2. The maximum absolute atomic E-state index is 13.5. The lowest BCUT2D eigenvalue weighted by Crippen LogP contribution is -2.36. The number of aryl methyl sites for hydroxylation is 1. The number of rotatable bonds is 9. The molecule has 0 aromatic heterocycles. The predicted octanol–water partition coefficient (Wildman–Crippen LogP) is 4.14. The minimum atomic E-state index is -4.69. The molecule has 0 spiro atoms. The Bertz CT molecular complexity index is 964. The zero-order chi connectivity index (χ0) is 23.9. The molecule has 0 aliphatic carbocycles. The van der Waals surface area contributed by atoms with Crippen molar-refractivity contribution >= 4 is 11.6 Å². The van der Waals surface area contributed by atoms with Crippen molar-refractivity contribution in [2.45, 2.75) is 32.2 Å². The third-order valence-corrected chi connectivity index (χ3v) is 4.57. The van der Waals surface area contributed by atoms with E-state index >= 15 is 0 Å². The molecule has 0 bridgehead atoms. The first kappa shape index (κ1) is 25.2. The van der Waals surface area contributed by atoms with Gasteiger partial charge in [0.05, 0.1) is 12.7 Å². The van der Waals surface area contributed by atoms with Gasteiger partial charge in [-0.25, -0.2) is 8.78 Å². The number of hydrogen-bond donors (Lipinski definition) is 2. The van der Waals surface area contributed by atoms with E-state index in [9.17, 15) is 26.7 Å². The van der Waals surface area contributed by atoms with Crippen LogP contribution in [0.2, 0.25) is 0 Å². The highest BCUT2D eigenvalue weighted by molar-refractivity contribution is 6.02.